The molecule has 1 aliphatic rings. The molecular formula is C19H20N4OS. The van der Waals surface area contributed by atoms with Crippen molar-refractivity contribution in [2.24, 2.45) is 0 Å². The van der Waals surface area contributed by atoms with Crippen molar-refractivity contribution in [2.75, 3.05) is 31.1 Å². The number of hydrogen-bond acceptors (Lipinski definition) is 5. The van der Waals surface area contributed by atoms with Crippen LogP contribution in [-0.4, -0.2) is 47.0 Å². The SMILES string of the molecule is Cc1cc2c(N3CCN(C(=O)c4ccccc4C)CC3)ncnc2s1. The quantitative estimate of drug-likeness (QED) is 0.710. The lowest BCUT2D eigenvalue weighted by molar-refractivity contribution is 0.0746. The molecule has 3 heterocycles. The van der Waals surface area contributed by atoms with E-state index in [9.17, 15) is 4.79 Å². The number of hydrogen-bond donors (Lipinski definition) is 0. The highest BCUT2D eigenvalue weighted by atomic mass is 32.1. The van der Waals surface area contributed by atoms with Crippen molar-refractivity contribution >= 4 is 33.3 Å². The zero-order chi connectivity index (χ0) is 17.4. The summed E-state index contributed by atoms with van der Waals surface area (Å²) in [5.41, 5.74) is 1.83. The second-order valence-electron chi connectivity index (χ2n) is 6.37. The lowest BCUT2D eigenvalue weighted by Gasteiger charge is -2.35. The summed E-state index contributed by atoms with van der Waals surface area (Å²) >= 11 is 1.69. The van der Waals surface area contributed by atoms with Crippen LogP contribution in [0.1, 0.15) is 20.8 Å². The Kier molecular flexibility index (Phi) is 4.13. The van der Waals surface area contributed by atoms with Crippen molar-refractivity contribution in [3.8, 4) is 0 Å². The summed E-state index contributed by atoms with van der Waals surface area (Å²) in [6.45, 7) is 7.08. The van der Waals surface area contributed by atoms with E-state index in [2.05, 4.69) is 27.9 Å². The molecule has 0 aliphatic carbocycles. The van der Waals surface area contributed by atoms with Crippen LogP contribution in [-0.2, 0) is 0 Å². The lowest BCUT2D eigenvalue weighted by atomic mass is 10.1. The Bertz CT molecular complexity index is 928. The normalized spacial score (nSPS) is 15.0. The number of anilines is 1. The first-order valence-corrected chi connectivity index (χ1v) is 9.26. The van der Waals surface area contributed by atoms with Gasteiger partial charge in [-0.1, -0.05) is 18.2 Å². The van der Waals surface area contributed by atoms with Gasteiger partial charge in [-0.25, -0.2) is 9.97 Å². The molecule has 0 bridgehead atoms. The molecule has 1 aliphatic heterocycles. The van der Waals surface area contributed by atoms with E-state index < -0.39 is 0 Å². The van der Waals surface area contributed by atoms with Gasteiger partial charge < -0.3 is 9.80 Å². The molecule has 0 unspecified atom stereocenters. The maximum atomic E-state index is 12.8. The smallest absolute Gasteiger partial charge is 0.254 e. The van der Waals surface area contributed by atoms with Gasteiger partial charge in [-0.05, 0) is 31.5 Å². The van der Waals surface area contributed by atoms with Crippen LogP contribution in [0.5, 0.6) is 0 Å². The summed E-state index contributed by atoms with van der Waals surface area (Å²) in [6.07, 6.45) is 1.64. The van der Waals surface area contributed by atoms with Gasteiger partial charge in [0.2, 0.25) is 0 Å². The summed E-state index contributed by atoms with van der Waals surface area (Å²) in [6, 6.07) is 9.94. The van der Waals surface area contributed by atoms with Crippen LogP contribution in [0.15, 0.2) is 36.7 Å². The van der Waals surface area contributed by atoms with Crippen LogP contribution < -0.4 is 4.90 Å². The van der Waals surface area contributed by atoms with Crippen molar-refractivity contribution < 1.29 is 4.79 Å². The number of carbonyl (C=O) groups excluding carboxylic acids is 1. The first-order valence-electron chi connectivity index (χ1n) is 8.44. The monoisotopic (exact) mass is 352 g/mol. The van der Waals surface area contributed by atoms with E-state index in [4.69, 9.17) is 0 Å². The molecule has 0 saturated carbocycles. The second-order valence-corrected chi connectivity index (χ2v) is 7.60. The zero-order valence-corrected chi connectivity index (χ0v) is 15.2. The zero-order valence-electron chi connectivity index (χ0n) is 14.4. The van der Waals surface area contributed by atoms with E-state index in [1.165, 1.54) is 4.88 Å². The first kappa shape index (κ1) is 16.0. The number of nitrogens with zero attached hydrogens (tertiary/aromatic N) is 4. The Morgan fingerprint density at radius 1 is 1.08 bits per heavy atom. The Labute approximate surface area is 150 Å². The average molecular weight is 352 g/mol. The average Bonchev–Trinajstić information content (AvgIpc) is 3.02. The minimum absolute atomic E-state index is 0.122. The third-order valence-corrected chi connectivity index (χ3v) is 5.63. The highest BCUT2D eigenvalue weighted by Gasteiger charge is 2.24. The molecule has 4 rings (SSSR count). The van der Waals surface area contributed by atoms with E-state index in [1.54, 1.807) is 17.7 Å². The number of thiophene rings is 1. The fourth-order valence-corrected chi connectivity index (χ4v) is 4.16. The molecule has 2 aromatic heterocycles. The number of amides is 1. The van der Waals surface area contributed by atoms with Gasteiger partial charge in [0.25, 0.3) is 5.91 Å². The van der Waals surface area contributed by atoms with Crippen molar-refractivity contribution in [2.45, 2.75) is 13.8 Å². The molecule has 3 aromatic rings. The maximum Gasteiger partial charge on any atom is 0.254 e. The van der Waals surface area contributed by atoms with Gasteiger partial charge in [0.1, 0.15) is 17.0 Å². The molecule has 5 nitrogen and oxygen atoms in total. The summed E-state index contributed by atoms with van der Waals surface area (Å²) in [4.78, 5) is 28.1. The second kappa shape index (κ2) is 6.44. The van der Waals surface area contributed by atoms with Crippen LogP contribution in [0.25, 0.3) is 10.2 Å². The minimum Gasteiger partial charge on any atom is -0.352 e. The minimum atomic E-state index is 0.122. The molecule has 1 fully saturated rings. The van der Waals surface area contributed by atoms with E-state index in [0.717, 1.165) is 40.3 Å². The first-order chi connectivity index (χ1) is 12.1. The van der Waals surface area contributed by atoms with Crippen molar-refractivity contribution in [1.82, 2.24) is 14.9 Å². The number of carbonyl (C=O) groups is 1. The maximum absolute atomic E-state index is 12.8. The summed E-state index contributed by atoms with van der Waals surface area (Å²) in [5.74, 6) is 1.11. The number of fused-ring (bicyclic) bond motifs is 1. The highest BCUT2D eigenvalue weighted by Crippen LogP contribution is 2.30. The topological polar surface area (TPSA) is 49.3 Å². The van der Waals surface area contributed by atoms with E-state index in [1.807, 2.05) is 36.1 Å². The summed E-state index contributed by atoms with van der Waals surface area (Å²) < 4.78 is 0. The fraction of sp³-hybridized carbons (Fsp3) is 0.316. The predicted octanol–water partition coefficient (Wildman–Crippen LogP) is 3.27. The Hall–Kier alpha value is -2.47. The third kappa shape index (κ3) is 2.98. The van der Waals surface area contributed by atoms with Gasteiger partial charge in [0.15, 0.2) is 0 Å². The van der Waals surface area contributed by atoms with Gasteiger partial charge in [-0.15, -0.1) is 11.3 Å². The van der Waals surface area contributed by atoms with Crippen molar-refractivity contribution in [1.29, 1.82) is 0 Å². The lowest BCUT2D eigenvalue weighted by Crippen LogP contribution is -2.49. The molecule has 0 radical (unpaired) electrons. The molecule has 25 heavy (non-hydrogen) atoms. The van der Waals surface area contributed by atoms with Crippen LogP contribution in [0.2, 0.25) is 0 Å². The molecule has 6 heteroatoms. The van der Waals surface area contributed by atoms with Crippen LogP contribution in [0, 0.1) is 13.8 Å². The number of piperazine rings is 1. The number of benzene rings is 1. The molecule has 1 aromatic carbocycles. The Morgan fingerprint density at radius 3 is 2.60 bits per heavy atom. The largest absolute Gasteiger partial charge is 0.352 e. The molecular weight excluding hydrogens is 332 g/mol. The Balaban J connectivity index is 1.51. The molecule has 128 valence electrons. The third-order valence-electron chi connectivity index (χ3n) is 4.67. The predicted molar refractivity (Wildman–Crippen MR) is 101 cm³/mol. The molecule has 0 atom stereocenters. The van der Waals surface area contributed by atoms with Crippen molar-refractivity contribution in [3.05, 3.63) is 52.7 Å². The fourth-order valence-electron chi connectivity index (χ4n) is 3.32. The number of aromatic nitrogens is 2. The molecule has 0 N–H and O–H groups in total. The number of aryl methyl sites for hydroxylation is 2. The van der Waals surface area contributed by atoms with Gasteiger partial charge in [0.05, 0.1) is 5.39 Å². The van der Waals surface area contributed by atoms with Gasteiger partial charge in [-0.3, -0.25) is 4.79 Å². The number of rotatable bonds is 2. The summed E-state index contributed by atoms with van der Waals surface area (Å²) in [5, 5.41) is 1.11. The molecule has 1 amide bonds. The van der Waals surface area contributed by atoms with Gasteiger partial charge in [-0.2, -0.15) is 0 Å². The highest BCUT2D eigenvalue weighted by molar-refractivity contribution is 7.18. The van der Waals surface area contributed by atoms with Crippen LogP contribution in [0.4, 0.5) is 5.82 Å². The van der Waals surface area contributed by atoms with E-state index in [0.29, 0.717) is 13.1 Å². The standard InChI is InChI=1S/C19H20N4OS/c1-13-5-3-4-6-15(13)19(24)23-9-7-22(8-10-23)17-16-11-14(2)25-18(16)21-12-20-17/h3-6,11-12H,7-10H2,1-2H3. The van der Waals surface area contributed by atoms with Crippen LogP contribution >= 0.6 is 11.3 Å². The summed E-state index contributed by atoms with van der Waals surface area (Å²) in [7, 11) is 0. The van der Waals surface area contributed by atoms with Crippen molar-refractivity contribution in [3.63, 3.8) is 0 Å². The van der Waals surface area contributed by atoms with Gasteiger partial charge in [0, 0.05) is 36.6 Å². The van der Waals surface area contributed by atoms with Gasteiger partial charge >= 0.3 is 0 Å². The van der Waals surface area contributed by atoms with Crippen LogP contribution in [0.3, 0.4) is 0 Å². The molecule has 1 saturated heterocycles. The van der Waals surface area contributed by atoms with E-state index >= 15 is 0 Å². The molecule has 0 spiro atoms. The van der Waals surface area contributed by atoms with E-state index in [-0.39, 0.29) is 5.91 Å². The Morgan fingerprint density at radius 2 is 1.84 bits per heavy atom.